The summed E-state index contributed by atoms with van der Waals surface area (Å²) in [5.41, 5.74) is 5.93. The van der Waals surface area contributed by atoms with E-state index < -0.39 is 0 Å². The van der Waals surface area contributed by atoms with Crippen molar-refractivity contribution in [2.24, 2.45) is 0 Å². The molecule has 1 aliphatic rings. The zero-order valence-electron chi connectivity index (χ0n) is 8.23. The van der Waals surface area contributed by atoms with Gasteiger partial charge in [-0.25, -0.2) is 9.97 Å². The van der Waals surface area contributed by atoms with Crippen molar-refractivity contribution >= 4 is 18.5 Å². The third-order valence-corrected chi connectivity index (χ3v) is 1.97. The summed E-state index contributed by atoms with van der Waals surface area (Å²) in [6.45, 7) is 4.53. The number of aromatic nitrogens is 2. The highest BCUT2D eigenvalue weighted by Crippen LogP contribution is 2.18. The average molecular weight is 193 g/mol. The fourth-order valence-corrected chi connectivity index (χ4v) is 1.27. The van der Waals surface area contributed by atoms with Crippen molar-refractivity contribution in [1.29, 1.82) is 0 Å². The van der Waals surface area contributed by atoms with E-state index in [2.05, 4.69) is 9.97 Å². The van der Waals surface area contributed by atoms with Crippen LogP contribution in [-0.4, -0.2) is 29.3 Å². The lowest BCUT2D eigenvalue weighted by molar-refractivity contribution is 0.137. The molecule has 2 N–H and O–H groups in total. The zero-order chi connectivity index (χ0) is 10.2. The molecule has 74 valence electrons. The van der Waals surface area contributed by atoms with Gasteiger partial charge >= 0.3 is 7.12 Å². The number of hydrogen-bond donors (Lipinski definition) is 1. The highest BCUT2D eigenvalue weighted by atomic mass is 16.7. The van der Waals surface area contributed by atoms with Crippen molar-refractivity contribution in [3.63, 3.8) is 0 Å². The van der Waals surface area contributed by atoms with Crippen LogP contribution in [0.4, 0.5) is 5.95 Å². The van der Waals surface area contributed by atoms with Crippen LogP contribution in [0.5, 0.6) is 0 Å². The monoisotopic (exact) mass is 193 g/mol. The third kappa shape index (κ3) is 1.86. The van der Waals surface area contributed by atoms with Crippen molar-refractivity contribution in [2.45, 2.75) is 19.4 Å². The molecular weight excluding hydrogens is 181 g/mol. The van der Waals surface area contributed by atoms with Gasteiger partial charge < -0.3 is 15.0 Å². The molecule has 1 saturated heterocycles. The molecule has 0 unspecified atom stereocenters. The molecule has 0 spiro atoms. The van der Waals surface area contributed by atoms with E-state index in [-0.39, 0.29) is 18.7 Å². The minimum atomic E-state index is -0.370. The van der Waals surface area contributed by atoms with Crippen LogP contribution < -0.4 is 11.2 Å². The molecule has 0 radical (unpaired) electrons. The summed E-state index contributed by atoms with van der Waals surface area (Å²) in [7, 11) is -0.370. The number of nitrogens with two attached hydrogens (primary N) is 1. The lowest BCUT2D eigenvalue weighted by atomic mass is 9.81. The van der Waals surface area contributed by atoms with E-state index in [1.165, 1.54) is 0 Å². The predicted molar refractivity (Wildman–Crippen MR) is 52.9 cm³/mol. The molecule has 6 heteroatoms. The maximum absolute atomic E-state index is 5.63. The molecule has 1 aromatic heterocycles. The van der Waals surface area contributed by atoms with Crippen molar-refractivity contribution < 1.29 is 9.31 Å². The van der Waals surface area contributed by atoms with Gasteiger partial charge in [-0.15, -0.1) is 0 Å². The van der Waals surface area contributed by atoms with E-state index in [0.29, 0.717) is 6.61 Å². The fourth-order valence-electron chi connectivity index (χ4n) is 1.27. The summed E-state index contributed by atoms with van der Waals surface area (Å²) in [5.74, 6) is 0.256. The zero-order valence-corrected chi connectivity index (χ0v) is 8.23. The van der Waals surface area contributed by atoms with E-state index in [9.17, 15) is 0 Å². The summed E-state index contributed by atoms with van der Waals surface area (Å²) in [6.07, 6.45) is 3.24. The van der Waals surface area contributed by atoms with Crippen molar-refractivity contribution in [1.82, 2.24) is 9.97 Å². The highest BCUT2D eigenvalue weighted by molar-refractivity contribution is 6.61. The molecule has 0 atom stereocenters. The van der Waals surface area contributed by atoms with Gasteiger partial charge in [-0.05, 0) is 13.8 Å². The van der Waals surface area contributed by atoms with E-state index in [4.69, 9.17) is 15.0 Å². The van der Waals surface area contributed by atoms with Crippen molar-refractivity contribution in [3.05, 3.63) is 12.4 Å². The van der Waals surface area contributed by atoms with Gasteiger partial charge in [0.15, 0.2) is 0 Å². The lowest BCUT2D eigenvalue weighted by Crippen LogP contribution is -2.35. The Kier molecular flexibility index (Phi) is 2.17. The molecule has 0 bridgehead atoms. The second-order valence-corrected chi connectivity index (χ2v) is 3.90. The molecule has 0 saturated carbocycles. The van der Waals surface area contributed by atoms with Crippen LogP contribution in [-0.2, 0) is 9.31 Å². The van der Waals surface area contributed by atoms with Gasteiger partial charge in [0.1, 0.15) is 0 Å². The average Bonchev–Trinajstić information content (AvgIpc) is 2.47. The Morgan fingerprint density at radius 3 is 2.57 bits per heavy atom. The van der Waals surface area contributed by atoms with Crippen LogP contribution in [0.3, 0.4) is 0 Å². The summed E-state index contributed by atoms with van der Waals surface area (Å²) in [4.78, 5) is 7.76. The van der Waals surface area contributed by atoms with Gasteiger partial charge in [-0.3, -0.25) is 0 Å². The molecular formula is C8H12BN3O2. The van der Waals surface area contributed by atoms with Crippen LogP contribution in [0.15, 0.2) is 12.4 Å². The first-order valence-electron chi connectivity index (χ1n) is 4.44. The Bertz CT molecular complexity index is 328. The van der Waals surface area contributed by atoms with Gasteiger partial charge in [-0.2, -0.15) is 0 Å². The van der Waals surface area contributed by atoms with Crippen LogP contribution >= 0.6 is 0 Å². The number of nitrogen functional groups attached to an aromatic ring is 1. The molecule has 0 aromatic carbocycles. The molecule has 1 aromatic rings. The van der Waals surface area contributed by atoms with Crippen LogP contribution in [0.1, 0.15) is 13.8 Å². The summed E-state index contributed by atoms with van der Waals surface area (Å²) in [6, 6.07) is 0. The number of nitrogens with zero attached hydrogens (tertiary/aromatic N) is 2. The van der Waals surface area contributed by atoms with Crippen molar-refractivity contribution in [2.75, 3.05) is 12.3 Å². The molecule has 14 heavy (non-hydrogen) atoms. The van der Waals surface area contributed by atoms with Crippen LogP contribution in [0.2, 0.25) is 0 Å². The SMILES string of the molecule is CC1(C)COB(c2cnc(N)nc2)O1. The molecule has 5 nitrogen and oxygen atoms in total. The summed E-state index contributed by atoms with van der Waals surface area (Å²) < 4.78 is 11.1. The molecule has 1 aliphatic heterocycles. The first-order valence-corrected chi connectivity index (χ1v) is 4.44. The van der Waals surface area contributed by atoms with E-state index in [0.717, 1.165) is 5.46 Å². The quantitative estimate of drug-likeness (QED) is 0.613. The van der Waals surface area contributed by atoms with Gasteiger partial charge in [0.05, 0.1) is 12.2 Å². The minimum absolute atomic E-state index is 0.244. The molecule has 0 aliphatic carbocycles. The Morgan fingerprint density at radius 1 is 1.43 bits per heavy atom. The van der Waals surface area contributed by atoms with E-state index in [1.807, 2.05) is 13.8 Å². The van der Waals surface area contributed by atoms with Crippen LogP contribution in [0.25, 0.3) is 0 Å². The largest absolute Gasteiger partial charge is 0.497 e. The molecule has 2 heterocycles. The maximum Gasteiger partial charge on any atom is 0.497 e. The predicted octanol–water partition coefficient (Wildman–Crippen LogP) is -0.421. The first kappa shape index (κ1) is 9.42. The van der Waals surface area contributed by atoms with E-state index in [1.54, 1.807) is 12.4 Å². The number of anilines is 1. The maximum atomic E-state index is 5.63. The number of rotatable bonds is 1. The lowest BCUT2D eigenvalue weighted by Gasteiger charge is -2.15. The minimum Gasteiger partial charge on any atom is -0.404 e. The molecule has 2 rings (SSSR count). The van der Waals surface area contributed by atoms with Gasteiger partial charge in [0.2, 0.25) is 5.95 Å². The highest BCUT2D eigenvalue weighted by Gasteiger charge is 2.38. The Balaban J connectivity index is 2.14. The van der Waals surface area contributed by atoms with Crippen molar-refractivity contribution in [3.8, 4) is 0 Å². The second-order valence-electron chi connectivity index (χ2n) is 3.90. The van der Waals surface area contributed by atoms with Gasteiger partial charge in [0.25, 0.3) is 0 Å². The summed E-state index contributed by atoms with van der Waals surface area (Å²) >= 11 is 0. The van der Waals surface area contributed by atoms with E-state index >= 15 is 0 Å². The smallest absolute Gasteiger partial charge is 0.404 e. The summed E-state index contributed by atoms with van der Waals surface area (Å²) in [5, 5.41) is 0. The second kappa shape index (κ2) is 3.22. The molecule has 1 fully saturated rings. The number of hydrogen-bond acceptors (Lipinski definition) is 5. The normalized spacial score (nSPS) is 20.0. The van der Waals surface area contributed by atoms with Gasteiger partial charge in [0, 0.05) is 17.9 Å². The third-order valence-electron chi connectivity index (χ3n) is 1.97. The first-order chi connectivity index (χ1) is 6.57. The topological polar surface area (TPSA) is 70.3 Å². The fraction of sp³-hybridized carbons (Fsp3) is 0.500. The standard InChI is InChI=1S/C8H12BN3O2/c1-8(2)5-13-9(14-8)6-3-11-7(10)12-4-6/h3-4H,5H2,1-2H3,(H2,10,11,12). The Hall–Kier alpha value is -1.14. The van der Waals surface area contributed by atoms with Crippen LogP contribution in [0, 0.1) is 0 Å². The Labute approximate surface area is 82.8 Å². The molecule has 0 amide bonds. The Morgan fingerprint density at radius 2 is 2.07 bits per heavy atom. The van der Waals surface area contributed by atoms with Gasteiger partial charge in [-0.1, -0.05) is 0 Å².